The van der Waals surface area contributed by atoms with E-state index >= 15 is 0 Å². The molecule has 4 atom stereocenters. The second-order valence-electron chi connectivity index (χ2n) is 11.0. The molecule has 1 heterocycles. The molecule has 0 bridgehead atoms. The summed E-state index contributed by atoms with van der Waals surface area (Å²) in [4.78, 5) is 0. The Bertz CT molecular complexity index is 832. The van der Waals surface area contributed by atoms with Crippen LogP contribution in [0.25, 0.3) is 0 Å². The third-order valence-corrected chi connectivity index (χ3v) is 11.2. The molecule has 2 rings (SSSR count). The van der Waals surface area contributed by atoms with E-state index in [1.165, 1.54) is 0 Å². The summed E-state index contributed by atoms with van der Waals surface area (Å²) in [5, 5.41) is 0.179. The van der Waals surface area contributed by atoms with Crippen molar-refractivity contribution in [2.24, 2.45) is 0 Å². The lowest BCUT2D eigenvalue weighted by Gasteiger charge is -2.38. The molecule has 6 heteroatoms. The molecule has 1 aliphatic rings. The summed E-state index contributed by atoms with van der Waals surface area (Å²) >= 11 is 0. The molecule has 0 spiro atoms. The highest BCUT2D eigenvalue weighted by Gasteiger charge is 2.44. The van der Waals surface area contributed by atoms with Crippen molar-refractivity contribution in [3.63, 3.8) is 0 Å². The molecule has 1 aromatic carbocycles. The number of rotatable bonds is 11. The molecule has 0 N–H and O–H groups in total. The van der Waals surface area contributed by atoms with Crippen molar-refractivity contribution >= 4 is 8.32 Å². The van der Waals surface area contributed by atoms with E-state index in [2.05, 4.69) is 58.9 Å². The first kappa shape index (κ1) is 28.6. The summed E-state index contributed by atoms with van der Waals surface area (Å²) in [6.07, 6.45) is 10.4. The van der Waals surface area contributed by atoms with Gasteiger partial charge in [-0.3, -0.25) is 0 Å². The molecule has 34 heavy (non-hydrogen) atoms. The molecule has 1 aliphatic heterocycles. The molecule has 5 nitrogen and oxygen atoms in total. The minimum Gasteiger partial charge on any atom is -0.497 e. The van der Waals surface area contributed by atoms with Crippen LogP contribution in [0.1, 0.15) is 59.9 Å². The SMILES string of the molecule is C#CC[C@@H]1OC(C)(C)O[C@@H]1[C@@H](/C=C\C[C@H](C)O[Si](C)(C)C(C)(C)C)OCc1ccc(OC)cc1. The smallest absolute Gasteiger partial charge is 0.192 e. The summed E-state index contributed by atoms with van der Waals surface area (Å²) in [5.41, 5.74) is 1.06. The summed E-state index contributed by atoms with van der Waals surface area (Å²) < 4.78 is 30.4. The molecule has 0 amide bonds. The molecule has 0 aromatic heterocycles. The zero-order valence-corrected chi connectivity index (χ0v) is 23.5. The molecular weight excluding hydrogens is 444 g/mol. The molecule has 1 saturated heterocycles. The van der Waals surface area contributed by atoms with Crippen molar-refractivity contribution in [1.82, 2.24) is 0 Å². The first-order valence-corrected chi connectivity index (χ1v) is 15.1. The molecule has 0 saturated carbocycles. The van der Waals surface area contributed by atoms with Crippen LogP contribution in [-0.2, 0) is 25.2 Å². The minimum atomic E-state index is -1.82. The fraction of sp³-hybridized carbons (Fsp3) is 0.643. The molecule has 190 valence electrons. The van der Waals surface area contributed by atoms with Gasteiger partial charge in [-0.25, -0.2) is 0 Å². The van der Waals surface area contributed by atoms with Crippen LogP contribution in [0.5, 0.6) is 5.75 Å². The Morgan fingerprint density at radius 3 is 2.38 bits per heavy atom. The van der Waals surface area contributed by atoms with Gasteiger partial charge in [0, 0.05) is 12.5 Å². The van der Waals surface area contributed by atoms with Crippen LogP contribution >= 0.6 is 0 Å². The zero-order valence-electron chi connectivity index (χ0n) is 22.5. The lowest BCUT2D eigenvalue weighted by Crippen LogP contribution is -2.43. The monoisotopic (exact) mass is 488 g/mol. The van der Waals surface area contributed by atoms with Crippen molar-refractivity contribution in [3.8, 4) is 18.1 Å². The maximum Gasteiger partial charge on any atom is 0.192 e. The van der Waals surface area contributed by atoms with Gasteiger partial charge >= 0.3 is 0 Å². The normalized spacial score (nSPS) is 22.5. The van der Waals surface area contributed by atoms with E-state index in [9.17, 15) is 0 Å². The highest BCUT2D eigenvalue weighted by atomic mass is 28.4. The van der Waals surface area contributed by atoms with E-state index in [0.29, 0.717) is 13.0 Å². The number of ether oxygens (including phenoxy) is 4. The number of methoxy groups -OCH3 is 1. The number of terminal acetylenes is 1. The van der Waals surface area contributed by atoms with E-state index in [1.807, 2.05) is 38.1 Å². The van der Waals surface area contributed by atoms with Gasteiger partial charge < -0.3 is 23.4 Å². The summed E-state index contributed by atoms with van der Waals surface area (Å²) in [6, 6.07) is 7.87. The van der Waals surface area contributed by atoms with Crippen LogP contribution in [0.4, 0.5) is 0 Å². The van der Waals surface area contributed by atoms with Crippen LogP contribution < -0.4 is 4.74 Å². The first-order valence-electron chi connectivity index (χ1n) is 12.2. The third kappa shape index (κ3) is 8.25. The van der Waals surface area contributed by atoms with E-state index in [-0.39, 0.29) is 29.5 Å². The van der Waals surface area contributed by atoms with E-state index < -0.39 is 14.1 Å². The highest BCUT2D eigenvalue weighted by Crippen LogP contribution is 2.38. The average Bonchev–Trinajstić information content (AvgIpc) is 3.04. The van der Waals surface area contributed by atoms with Crippen LogP contribution in [0.15, 0.2) is 36.4 Å². The number of benzene rings is 1. The predicted octanol–water partition coefficient (Wildman–Crippen LogP) is 6.48. The Kier molecular flexibility index (Phi) is 9.99. The van der Waals surface area contributed by atoms with E-state index in [4.69, 9.17) is 29.8 Å². The summed E-state index contributed by atoms with van der Waals surface area (Å²) in [6.45, 7) is 17.7. The molecular formula is C28H44O5Si. The zero-order chi connectivity index (χ0) is 25.6. The predicted molar refractivity (Wildman–Crippen MR) is 140 cm³/mol. The second kappa shape index (κ2) is 11.9. The van der Waals surface area contributed by atoms with Crippen LogP contribution in [0, 0.1) is 12.3 Å². The molecule has 1 fully saturated rings. The Labute approximate surface area is 208 Å². The van der Waals surface area contributed by atoms with Crippen molar-refractivity contribution in [2.45, 2.75) is 109 Å². The number of hydrogen-bond acceptors (Lipinski definition) is 5. The van der Waals surface area contributed by atoms with Gasteiger partial charge in [-0.15, -0.1) is 12.3 Å². The Morgan fingerprint density at radius 2 is 1.82 bits per heavy atom. The van der Waals surface area contributed by atoms with Gasteiger partial charge in [-0.05, 0) is 63.0 Å². The van der Waals surface area contributed by atoms with Gasteiger partial charge in [0.05, 0.1) is 13.7 Å². The van der Waals surface area contributed by atoms with Crippen molar-refractivity contribution < 1.29 is 23.4 Å². The summed E-state index contributed by atoms with van der Waals surface area (Å²) in [5.74, 6) is 2.83. The van der Waals surface area contributed by atoms with Gasteiger partial charge in [0.1, 0.15) is 24.1 Å². The molecule has 0 aliphatic carbocycles. The van der Waals surface area contributed by atoms with Gasteiger partial charge in [0.2, 0.25) is 0 Å². The fourth-order valence-electron chi connectivity index (χ4n) is 3.72. The topological polar surface area (TPSA) is 46.2 Å². The van der Waals surface area contributed by atoms with Gasteiger partial charge in [-0.1, -0.05) is 45.1 Å². The summed E-state index contributed by atoms with van der Waals surface area (Å²) in [7, 11) is -0.161. The standard InChI is InChI=1S/C28H44O5Si/c1-11-13-25-26(32-28(6,7)31-25)24(30-20-22-16-18-23(29-8)19-17-22)15-12-14-21(2)33-34(9,10)27(3,4)5/h1,12,15-19,21,24-26H,13-14,20H2,2-10H3/b15-12-/t21-,24+,25-,26+/m0/s1. The second-order valence-corrected chi connectivity index (χ2v) is 15.8. The van der Waals surface area contributed by atoms with Crippen LogP contribution in [0.2, 0.25) is 18.1 Å². The van der Waals surface area contributed by atoms with Gasteiger partial charge in [-0.2, -0.15) is 0 Å². The van der Waals surface area contributed by atoms with Crippen molar-refractivity contribution in [1.29, 1.82) is 0 Å². The van der Waals surface area contributed by atoms with Crippen LogP contribution in [-0.4, -0.2) is 45.6 Å². The maximum atomic E-state index is 6.51. The Morgan fingerprint density at radius 1 is 1.18 bits per heavy atom. The van der Waals surface area contributed by atoms with Crippen molar-refractivity contribution in [3.05, 3.63) is 42.0 Å². The van der Waals surface area contributed by atoms with Gasteiger partial charge in [0.15, 0.2) is 14.1 Å². The number of hydrogen-bond donors (Lipinski definition) is 0. The molecule has 0 unspecified atom stereocenters. The largest absolute Gasteiger partial charge is 0.497 e. The molecule has 0 radical (unpaired) electrons. The first-order chi connectivity index (χ1) is 15.8. The minimum absolute atomic E-state index is 0.123. The third-order valence-electron chi connectivity index (χ3n) is 6.56. The van der Waals surface area contributed by atoms with E-state index in [1.54, 1.807) is 7.11 Å². The average molecular weight is 489 g/mol. The Balaban J connectivity index is 2.13. The van der Waals surface area contributed by atoms with E-state index in [0.717, 1.165) is 17.7 Å². The Hall–Kier alpha value is -1.62. The van der Waals surface area contributed by atoms with Gasteiger partial charge in [0.25, 0.3) is 0 Å². The fourth-order valence-corrected chi connectivity index (χ4v) is 5.18. The van der Waals surface area contributed by atoms with Crippen LogP contribution in [0.3, 0.4) is 0 Å². The lowest BCUT2D eigenvalue weighted by molar-refractivity contribution is -0.156. The molecule has 1 aromatic rings. The van der Waals surface area contributed by atoms with Crippen molar-refractivity contribution in [2.75, 3.05) is 7.11 Å². The maximum absolute atomic E-state index is 6.51. The quantitative estimate of drug-likeness (QED) is 0.203. The lowest BCUT2D eigenvalue weighted by atomic mass is 10.0. The highest BCUT2D eigenvalue weighted by molar-refractivity contribution is 6.74.